The van der Waals surface area contributed by atoms with Crippen LogP contribution in [0.25, 0.3) is 0 Å². The van der Waals surface area contributed by atoms with Gasteiger partial charge in [0.2, 0.25) is 6.10 Å². The molecule has 1 aliphatic heterocycles. The summed E-state index contributed by atoms with van der Waals surface area (Å²) in [5.74, 6) is -0.132. The van der Waals surface area contributed by atoms with Crippen molar-refractivity contribution < 1.29 is 23.7 Å². The van der Waals surface area contributed by atoms with Crippen molar-refractivity contribution in [3.8, 4) is 0 Å². The van der Waals surface area contributed by atoms with E-state index in [0.717, 1.165) is 17.0 Å². The molecule has 132 valence electrons. The summed E-state index contributed by atoms with van der Waals surface area (Å²) in [6, 6.07) is 0. The zero-order valence-electron chi connectivity index (χ0n) is 14.6. The Morgan fingerprint density at radius 2 is 2.04 bits per heavy atom. The minimum atomic E-state index is -0.808. The molecule has 2 heterocycles. The fourth-order valence-corrected chi connectivity index (χ4v) is 2.26. The van der Waals surface area contributed by atoms with Crippen molar-refractivity contribution in [2.45, 2.75) is 59.2 Å². The van der Waals surface area contributed by atoms with Crippen LogP contribution >= 0.6 is 0 Å². The van der Waals surface area contributed by atoms with Crippen LogP contribution in [0.1, 0.15) is 44.2 Å². The first-order chi connectivity index (χ1) is 11.2. The number of amides is 1. The Kier molecular flexibility index (Phi) is 5.26. The molecule has 0 spiro atoms. The molecule has 2 rings (SSSR count). The number of nitrogens with zero attached hydrogens (tertiary/aromatic N) is 2. The molecule has 0 aliphatic carbocycles. The van der Waals surface area contributed by atoms with Crippen LogP contribution in [0.4, 0.5) is 0 Å². The molecule has 1 atom stereocenters. The van der Waals surface area contributed by atoms with Gasteiger partial charge in [-0.05, 0) is 41.0 Å². The molecule has 1 aromatic heterocycles. The number of oxime groups is 1. The van der Waals surface area contributed by atoms with Gasteiger partial charge in [-0.25, -0.2) is 4.79 Å². The van der Waals surface area contributed by atoms with Gasteiger partial charge in [-0.3, -0.25) is 4.79 Å². The first-order valence-electron chi connectivity index (χ1n) is 7.83. The third-order valence-electron chi connectivity index (χ3n) is 3.45. The normalized spacial score (nSPS) is 17.2. The maximum atomic E-state index is 12.1. The Morgan fingerprint density at radius 1 is 1.33 bits per heavy atom. The predicted molar refractivity (Wildman–Crippen MR) is 85.5 cm³/mol. The minimum Gasteiger partial charge on any atom is -0.455 e. The molecule has 8 heteroatoms. The number of ether oxygens (including phenoxy) is 1. The van der Waals surface area contributed by atoms with Gasteiger partial charge < -0.3 is 19.4 Å². The van der Waals surface area contributed by atoms with E-state index in [9.17, 15) is 9.59 Å². The van der Waals surface area contributed by atoms with Crippen molar-refractivity contribution in [2.75, 3.05) is 6.54 Å². The Morgan fingerprint density at radius 3 is 2.62 bits per heavy atom. The smallest absolute Gasteiger partial charge is 0.356 e. The second kappa shape index (κ2) is 7.02. The van der Waals surface area contributed by atoms with Crippen molar-refractivity contribution >= 4 is 17.6 Å². The molecule has 1 N–H and O–H groups in total. The van der Waals surface area contributed by atoms with E-state index in [1.54, 1.807) is 20.8 Å². The van der Waals surface area contributed by atoms with Crippen LogP contribution in [0, 0.1) is 13.8 Å². The lowest BCUT2D eigenvalue weighted by Gasteiger charge is -2.18. The van der Waals surface area contributed by atoms with Crippen LogP contribution in [0.3, 0.4) is 0 Å². The summed E-state index contributed by atoms with van der Waals surface area (Å²) in [5.41, 5.74) is 1.30. The van der Waals surface area contributed by atoms with Crippen LogP contribution in [-0.2, 0) is 25.6 Å². The topological polar surface area (TPSA) is 103 Å². The van der Waals surface area contributed by atoms with Crippen LogP contribution in [0.5, 0.6) is 0 Å². The Hall–Kier alpha value is -2.38. The van der Waals surface area contributed by atoms with E-state index in [1.165, 1.54) is 0 Å². The molecule has 0 saturated heterocycles. The summed E-state index contributed by atoms with van der Waals surface area (Å²) in [5, 5.41) is 10.3. The highest BCUT2D eigenvalue weighted by atomic mass is 16.7. The molecular weight excluding hydrogens is 314 g/mol. The number of rotatable bonds is 5. The van der Waals surface area contributed by atoms with E-state index in [0.29, 0.717) is 13.0 Å². The Balaban J connectivity index is 1.78. The number of hydrogen-bond donors (Lipinski definition) is 1. The molecule has 0 saturated carbocycles. The highest BCUT2D eigenvalue weighted by Gasteiger charge is 2.33. The van der Waals surface area contributed by atoms with Gasteiger partial charge in [0, 0.05) is 18.5 Å². The zero-order chi connectivity index (χ0) is 17.9. The first kappa shape index (κ1) is 18.0. The fourth-order valence-electron chi connectivity index (χ4n) is 2.26. The maximum absolute atomic E-state index is 12.1. The number of aryl methyl sites for hydroxylation is 2. The van der Waals surface area contributed by atoms with Crippen molar-refractivity contribution in [1.29, 1.82) is 0 Å². The molecule has 1 amide bonds. The number of aromatic nitrogens is 1. The number of carbonyl (C=O) groups excluding carboxylic acids is 2. The molecule has 0 radical (unpaired) electrons. The van der Waals surface area contributed by atoms with Gasteiger partial charge in [-0.15, -0.1) is 0 Å². The summed E-state index contributed by atoms with van der Waals surface area (Å²) < 4.78 is 10.3. The van der Waals surface area contributed by atoms with Crippen molar-refractivity contribution in [2.24, 2.45) is 5.16 Å². The Labute approximate surface area is 140 Å². The average molecular weight is 337 g/mol. The molecule has 0 bridgehead atoms. The van der Waals surface area contributed by atoms with Gasteiger partial charge in [0.15, 0.2) is 5.71 Å². The molecule has 1 aromatic rings. The van der Waals surface area contributed by atoms with Gasteiger partial charge in [0.25, 0.3) is 5.91 Å². The van der Waals surface area contributed by atoms with E-state index in [2.05, 4.69) is 15.6 Å². The quantitative estimate of drug-likeness (QED) is 0.816. The number of esters is 1. The molecule has 0 fully saturated rings. The lowest BCUT2D eigenvalue weighted by Crippen LogP contribution is -2.37. The maximum Gasteiger partial charge on any atom is 0.356 e. The molecule has 24 heavy (non-hydrogen) atoms. The van der Waals surface area contributed by atoms with E-state index < -0.39 is 17.7 Å². The highest BCUT2D eigenvalue weighted by molar-refractivity contribution is 6.37. The van der Waals surface area contributed by atoms with Gasteiger partial charge >= 0.3 is 5.97 Å². The first-order valence-corrected chi connectivity index (χ1v) is 7.83. The van der Waals surface area contributed by atoms with Crippen molar-refractivity contribution in [1.82, 2.24) is 10.5 Å². The number of nitrogens with one attached hydrogen (secondary N) is 1. The third kappa shape index (κ3) is 4.56. The van der Waals surface area contributed by atoms with Crippen LogP contribution in [0.15, 0.2) is 9.68 Å². The van der Waals surface area contributed by atoms with Crippen LogP contribution in [0.2, 0.25) is 0 Å². The second-order valence-electron chi connectivity index (χ2n) is 6.68. The SMILES string of the molecule is Cc1noc(C)c1CCNC(=O)[C@H]1CC(C(=O)OC(C)(C)C)=NO1. The minimum absolute atomic E-state index is 0.103. The van der Waals surface area contributed by atoms with E-state index >= 15 is 0 Å². The van der Waals surface area contributed by atoms with E-state index in [-0.39, 0.29) is 18.0 Å². The summed E-state index contributed by atoms with van der Waals surface area (Å²) in [7, 11) is 0. The summed E-state index contributed by atoms with van der Waals surface area (Å²) in [6.07, 6.45) is -0.0944. The van der Waals surface area contributed by atoms with Gasteiger partial charge in [0.1, 0.15) is 11.4 Å². The summed E-state index contributed by atoms with van der Waals surface area (Å²) in [6.45, 7) is 9.40. The van der Waals surface area contributed by atoms with Gasteiger partial charge in [0.05, 0.1) is 5.69 Å². The molecule has 1 aliphatic rings. The average Bonchev–Trinajstić information content (AvgIpc) is 3.07. The third-order valence-corrected chi connectivity index (χ3v) is 3.45. The van der Waals surface area contributed by atoms with Crippen molar-refractivity contribution in [3.63, 3.8) is 0 Å². The van der Waals surface area contributed by atoms with Crippen LogP contribution in [-0.4, -0.2) is 41.0 Å². The standard InChI is InChI=1S/C16H23N3O5/c1-9-11(10(2)23-18-9)6-7-17-14(20)13-8-12(19-24-13)15(21)22-16(3,4)5/h13H,6-8H2,1-5H3,(H,17,20)/t13-/m1/s1. The largest absolute Gasteiger partial charge is 0.455 e. The van der Waals surface area contributed by atoms with Crippen molar-refractivity contribution in [3.05, 3.63) is 17.0 Å². The zero-order valence-corrected chi connectivity index (χ0v) is 14.6. The summed E-state index contributed by atoms with van der Waals surface area (Å²) in [4.78, 5) is 29.0. The lowest BCUT2D eigenvalue weighted by atomic mass is 10.1. The van der Waals surface area contributed by atoms with Crippen LogP contribution < -0.4 is 5.32 Å². The molecule has 0 unspecified atom stereocenters. The van der Waals surface area contributed by atoms with E-state index in [4.69, 9.17) is 14.1 Å². The molecular formula is C16H23N3O5. The van der Waals surface area contributed by atoms with Gasteiger partial charge in [-0.2, -0.15) is 0 Å². The molecule has 0 aromatic carbocycles. The highest BCUT2D eigenvalue weighted by Crippen LogP contribution is 2.16. The molecule has 8 nitrogen and oxygen atoms in total. The van der Waals surface area contributed by atoms with Gasteiger partial charge in [-0.1, -0.05) is 10.3 Å². The predicted octanol–water partition coefficient (Wildman–Crippen LogP) is 1.44. The Bertz CT molecular complexity index is 638. The van der Waals surface area contributed by atoms with E-state index in [1.807, 2.05) is 13.8 Å². The second-order valence-corrected chi connectivity index (χ2v) is 6.68. The summed E-state index contributed by atoms with van der Waals surface area (Å²) >= 11 is 0. The monoisotopic (exact) mass is 337 g/mol. The number of hydrogen-bond acceptors (Lipinski definition) is 7. The fraction of sp³-hybridized carbons (Fsp3) is 0.625. The number of carbonyl (C=O) groups is 2. The lowest BCUT2D eigenvalue weighted by molar-refractivity contribution is -0.146.